The van der Waals surface area contributed by atoms with Crippen LogP contribution in [0.25, 0.3) is 0 Å². The molecule has 2 aliphatic rings. The highest BCUT2D eigenvalue weighted by atomic mass is 19.2. The maximum absolute atomic E-state index is 13.4. The molecule has 1 aliphatic carbocycles. The van der Waals surface area contributed by atoms with E-state index in [0.717, 1.165) is 50.7 Å². The maximum Gasteiger partial charge on any atom is 0.253 e. The third-order valence-corrected chi connectivity index (χ3v) is 5.45. The lowest BCUT2D eigenvalue weighted by Gasteiger charge is -2.33. The summed E-state index contributed by atoms with van der Waals surface area (Å²) in [5.41, 5.74) is 0.119. The van der Waals surface area contributed by atoms with E-state index in [-0.39, 0.29) is 29.3 Å². The highest BCUT2D eigenvalue weighted by molar-refractivity contribution is 5.94. The van der Waals surface area contributed by atoms with Crippen molar-refractivity contribution in [2.45, 2.75) is 57.4 Å². The third-order valence-electron chi connectivity index (χ3n) is 5.45. The molecule has 1 aromatic rings. The van der Waals surface area contributed by atoms with Crippen molar-refractivity contribution >= 4 is 11.8 Å². The quantitative estimate of drug-likeness (QED) is 0.832. The number of carbonyl (C=O) groups excluding carboxylic acids is 2. The molecule has 0 bridgehead atoms. The molecule has 2 fully saturated rings. The largest absolute Gasteiger partial charge is 0.353 e. The smallest absolute Gasteiger partial charge is 0.253 e. The Bertz CT molecular complexity index is 657. The van der Waals surface area contributed by atoms with E-state index in [1.807, 2.05) is 0 Å². The van der Waals surface area contributed by atoms with Gasteiger partial charge < -0.3 is 10.2 Å². The average Bonchev–Trinajstić information content (AvgIpc) is 2.92. The van der Waals surface area contributed by atoms with Crippen molar-refractivity contribution in [2.24, 2.45) is 5.92 Å². The summed E-state index contributed by atoms with van der Waals surface area (Å²) >= 11 is 0. The van der Waals surface area contributed by atoms with Gasteiger partial charge in [-0.1, -0.05) is 25.7 Å². The van der Waals surface area contributed by atoms with Crippen LogP contribution in [0.3, 0.4) is 0 Å². The first-order valence-electron chi connectivity index (χ1n) is 9.59. The molecular weight excluding hydrogens is 338 g/mol. The second-order valence-electron chi connectivity index (χ2n) is 7.42. The molecule has 1 saturated heterocycles. The van der Waals surface area contributed by atoms with Gasteiger partial charge in [-0.15, -0.1) is 0 Å². The molecule has 1 aromatic carbocycles. The highest BCUT2D eigenvalue weighted by Gasteiger charge is 2.30. The number of hydrogen-bond donors (Lipinski definition) is 1. The molecule has 3 rings (SSSR count). The van der Waals surface area contributed by atoms with Gasteiger partial charge in [0.25, 0.3) is 5.91 Å². The molecule has 0 unspecified atom stereocenters. The summed E-state index contributed by atoms with van der Waals surface area (Å²) < 4.78 is 26.5. The SMILES string of the molecule is O=C(NC1CCCCCC1)[C@H]1CCCN(C(=O)c2ccc(F)c(F)c2)C1. The Hall–Kier alpha value is -1.98. The van der Waals surface area contributed by atoms with Gasteiger partial charge in [-0.3, -0.25) is 9.59 Å². The number of rotatable bonds is 3. The summed E-state index contributed by atoms with van der Waals surface area (Å²) in [6.45, 7) is 0.863. The molecule has 1 N–H and O–H groups in total. The molecule has 26 heavy (non-hydrogen) atoms. The van der Waals surface area contributed by atoms with Crippen molar-refractivity contribution in [3.63, 3.8) is 0 Å². The van der Waals surface area contributed by atoms with Crippen molar-refractivity contribution in [1.29, 1.82) is 0 Å². The van der Waals surface area contributed by atoms with Crippen LogP contribution in [-0.4, -0.2) is 35.8 Å². The van der Waals surface area contributed by atoms with Crippen molar-refractivity contribution in [3.05, 3.63) is 35.4 Å². The van der Waals surface area contributed by atoms with Gasteiger partial charge in [-0.25, -0.2) is 8.78 Å². The fraction of sp³-hybridized carbons (Fsp3) is 0.600. The normalized spacial score (nSPS) is 21.9. The van der Waals surface area contributed by atoms with Crippen LogP contribution < -0.4 is 5.32 Å². The Morgan fingerprint density at radius 3 is 2.38 bits per heavy atom. The molecule has 1 saturated carbocycles. The maximum atomic E-state index is 13.4. The number of nitrogens with one attached hydrogen (secondary N) is 1. The van der Waals surface area contributed by atoms with Crippen molar-refractivity contribution in [2.75, 3.05) is 13.1 Å². The molecule has 0 spiro atoms. The number of carbonyl (C=O) groups is 2. The number of amides is 2. The number of nitrogens with zero attached hydrogens (tertiary/aromatic N) is 1. The zero-order chi connectivity index (χ0) is 18.5. The lowest BCUT2D eigenvalue weighted by Crippen LogP contribution is -2.47. The number of hydrogen-bond acceptors (Lipinski definition) is 2. The third kappa shape index (κ3) is 4.59. The van der Waals surface area contributed by atoms with Crippen LogP contribution in [0.4, 0.5) is 8.78 Å². The van der Waals surface area contributed by atoms with E-state index >= 15 is 0 Å². The molecule has 1 atom stereocenters. The Balaban J connectivity index is 1.60. The molecule has 0 radical (unpaired) electrons. The summed E-state index contributed by atoms with van der Waals surface area (Å²) in [5.74, 6) is -2.58. The predicted molar refractivity (Wildman–Crippen MR) is 94.6 cm³/mol. The Morgan fingerprint density at radius 1 is 0.962 bits per heavy atom. The molecule has 2 amide bonds. The molecule has 0 aromatic heterocycles. The van der Waals surface area contributed by atoms with Crippen LogP contribution >= 0.6 is 0 Å². The minimum absolute atomic E-state index is 0.0136. The monoisotopic (exact) mass is 364 g/mol. The fourth-order valence-corrected chi connectivity index (χ4v) is 3.93. The van der Waals surface area contributed by atoms with Gasteiger partial charge in [0.1, 0.15) is 0 Å². The first-order valence-corrected chi connectivity index (χ1v) is 9.59. The van der Waals surface area contributed by atoms with Gasteiger partial charge >= 0.3 is 0 Å². The van der Waals surface area contributed by atoms with E-state index in [0.29, 0.717) is 13.1 Å². The lowest BCUT2D eigenvalue weighted by molar-refractivity contribution is -0.127. The zero-order valence-electron chi connectivity index (χ0n) is 15.0. The van der Waals surface area contributed by atoms with Gasteiger partial charge in [-0.05, 0) is 43.9 Å². The number of halogens is 2. The Kier molecular flexibility index (Phi) is 6.22. The second kappa shape index (κ2) is 8.60. The number of piperidine rings is 1. The van der Waals surface area contributed by atoms with Crippen LogP contribution in [0.2, 0.25) is 0 Å². The number of likely N-dealkylation sites (tertiary alicyclic amines) is 1. The van der Waals surface area contributed by atoms with E-state index in [1.54, 1.807) is 4.90 Å². The molecule has 1 heterocycles. The van der Waals surface area contributed by atoms with Gasteiger partial charge in [0, 0.05) is 24.7 Å². The standard InChI is InChI=1S/C20H26F2N2O2/c21-17-10-9-14(12-18(17)22)20(26)24-11-5-6-15(13-24)19(25)23-16-7-3-1-2-4-8-16/h9-10,12,15-16H,1-8,11,13H2,(H,23,25)/t15-/m0/s1. The first kappa shape index (κ1) is 18.8. The summed E-state index contributed by atoms with van der Waals surface area (Å²) in [5, 5.41) is 3.16. The molecule has 142 valence electrons. The van der Waals surface area contributed by atoms with Crippen LogP contribution in [0.5, 0.6) is 0 Å². The van der Waals surface area contributed by atoms with Crippen LogP contribution in [0.15, 0.2) is 18.2 Å². The summed E-state index contributed by atoms with van der Waals surface area (Å²) in [4.78, 5) is 26.8. The zero-order valence-corrected chi connectivity index (χ0v) is 15.0. The van der Waals surface area contributed by atoms with E-state index in [4.69, 9.17) is 0 Å². The van der Waals surface area contributed by atoms with E-state index in [9.17, 15) is 18.4 Å². The predicted octanol–water partition coefficient (Wildman–Crippen LogP) is 3.66. The summed E-state index contributed by atoms with van der Waals surface area (Å²) in [6.07, 6.45) is 8.29. The van der Waals surface area contributed by atoms with Crippen molar-refractivity contribution in [1.82, 2.24) is 10.2 Å². The summed E-state index contributed by atoms with van der Waals surface area (Å²) in [6, 6.07) is 3.41. The summed E-state index contributed by atoms with van der Waals surface area (Å²) in [7, 11) is 0. The average molecular weight is 364 g/mol. The minimum Gasteiger partial charge on any atom is -0.353 e. The van der Waals surface area contributed by atoms with E-state index in [1.165, 1.54) is 18.9 Å². The Morgan fingerprint density at radius 2 is 1.69 bits per heavy atom. The van der Waals surface area contributed by atoms with Crippen LogP contribution in [-0.2, 0) is 4.79 Å². The molecule has 6 heteroatoms. The molecular formula is C20H26F2N2O2. The van der Waals surface area contributed by atoms with Gasteiger partial charge in [0.05, 0.1) is 5.92 Å². The Labute approximate surface area is 152 Å². The van der Waals surface area contributed by atoms with Gasteiger partial charge in [-0.2, -0.15) is 0 Å². The van der Waals surface area contributed by atoms with Gasteiger partial charge in [0.2, 0.25) is 5.91 Å². The highest BCUT2D eigenvalue weighted by Crippen LogP contribution is 2.22. The second-order valence-corrected chi connectivity index (χ2v) is 7.42. The van der Waals surface area contributed by atoms with Crippen LogP contribution in [0.1, 0.15) is 61.7 Å². The first-order chi connectivity index (χ1) is 12.5. The lowest BCUT2D eigenvalue weighted by atomic mass is 9.95. The minimum atomic E-state index is -1.03. The van der Waals surface area contributed by atoms with Crippen molar-refractivity contribution in [3.8, 4) is 0 Å². The number of benzene rings is 1. The van der Waals surface area contributed by atoms with Crippen LogP contribution in [0, 0.1) is 17.6 Å². The topological polar surface area (TPSA) is 49.4 Å². The van der Waals surface area contributed by atoms with Gasteiger partial charge in [0.15, 0.2) is 11.6 Å². The van der Waals surface area contributed by atoms with Crippen molar-refractivity contribution < 1.29 is 18.4 Å². The van der Waals surface area contributed by atoms with E-state index in [2.05, 4.69) is 5.32 Å². The molecule has 4 nitrogen and oxygen atoms in total. The fourth-order valence-electron chi connectivity index (χ4n) is 3.93. The molecule has 1 aliphatic heterocycles. The van der Waals surface area contributed by atoms with E-state index < -0.39 is 11.6 Å².